The second-order valence-corrected chi connectivity index (χ2v) is 11.2. The van der Waals surface area contributed by atoms with Crippen molar-refractivity contribution in [2.45, 2.75) is 46.1 Å². The third-order valence-corrected chi connectivity index (χ3v) is 8.16. The van der Waals surface area contributed by atoms with Crippen LogP contribution in [0.25, 0.3) is 16.7 Å². The number of hydrogen-bond acceptors (Lipinski definition) is 4. The number of aryl methyl sites for hydroxylation is 2. The summed E-state index contributed by atoms with van der Waals surface area (Å²) in [7, 11) is 0. The van der Waals surface area contributed by atoms with E-state index in [1.54, 1.807) is 0 Å². The molecular weight excluding hydrogens is 524 g/mol. The van der Waals surface area contributed by atoms with Gasteiger partial charge in [-0.2, -0.15) is 0 Å². The molecule has 4 aromatic rings. The molecule has 43 heavy (non-hydrogen) atoms. The Morgan fingerprint density at radius 1 is 0.977 bits per heavy atom. The molecule has 0 fully saturated rings. The SMILES string of the molecule is C=C/C(=C\C(=C/C)c1ccc(N)c(CC(=C)Nc2cccc(-c3ccc4c(c3)CCC4)c2C)n1)CNCc1ccccc1. The fourth-order valence-corrected chi connectivity index (χ4v) is 5.71. The van der Waals surface area contributed by atoms with E-state index in [0.717, 1.165) is 40.5 Å². The molecule has 1 aliphatic rings. The van der Waals surface area contributed by atoms with Crippen LogP contribution < -0.4 is 16.4 Å². The lowest BCUT2D eigenvalue weighted by Gasteiger charge is -2.17. The van der Waals surface area contributed by atoms with Crippen molar-refractivity contribution in [1.29, 1.82) is 0 Å². The van der Waals surface area contributed by atoms with E-state index in [9.17, 15) is 0 Å². The second-order valence-electron chi connectivity index (χ2n) is 11.2. The molecule has 3 aromatic carbocycles. The van der Waals surface area contributed by atoms with Crippen LogP contribution in [0.15, 0.2) is 122 Å². The Morgan fingerprint density at radius 2 is 1.79 bits per heavy atom. The number of nitrogens with zero attached hydrogens (tertiary/aromatic N) is 1. The molecule has 0 bridgehead atoms. The van der Waals surface area contributed by atoms with Gasteiger partial charge in [-0.15, -0.1) is 0 Å². The molecular formula is C39H42N4. The molecule has 218 valence electrons. The average Bonchev–Trinajstić information content (AvgIpc) is 3.50. The first-order valence-corrected chi connectivity index (χ1v) is 15.1. The summed E-state index contributed by atoms with van der Waals surface area (Å²) in [5.74, 6) is 0. The lowest BCUT2D eigenvalue weighted by Crippen LogP contribution is -2.16. The van der Waals surface area contributed by atoms with Gasteiger partial charge in [0.15, 0.2) is 0 Å². The van der Waals surface area contributed by atoms with Crippen molar-refractivity contribution in [2.24, 2.45) is 0 Å². The van der Waals surface area contributed by atoms with Crippen molar-refractivity contribution in [2.75, 3.05) is 17.6 Å². The summed E-state index contributed by atoms with van der Waals surface area (Å²) in [6.45, 7) is 14.1. The second kappa shape index (κ2) is 14.0. The molecule has 0 spiro atoms. The summed E-state index contributed by atoms with van der Waals surface area (Å²) in [4.78, 5) is 4.97. The van der Waals surface area contributed by atoms with Crippen molar-refractivity contribution in [3.05, 3.63) is 155 Å². The van der Waals surface area contributed by atoms with Gasteiger partial charge in [-0.25, -0.2) is 0 Å². The van der Waals surface area contributed by atoms with Gasteiger partial charge in [0.1, 0.15) is 0 Å². The predicted molar refractivity (Wildman–Crippen MR) is 184 cm³/mol. The van der Waals surface area contributed by atoms with Crippen molar-refractivity contribution >= 4 is 16.9 Å². The van der Waals surface area contributed by atoms with Gasteiger partial charge >= 0.3 is 0 Å². The van der Waals surface area contributed by atoms with E-state index in [4.69, 9.17) is 10.7 Å². The predicted octanol–water partition coefficient (Wildman–Crippen LogP) is 8.60. The van der Waals surface area contributed by atoms with Crippen molar-refractivity contribution in [1.82, 2.24) is 10.3 Å². The maximum absolute atomic E-state index is 6.40. The highest BCUT2D eigenvalue weighted by molar-refractivity contribution is 5.76. The van der Waals surface area contributed by atoms with Gasteiger partial charge in [-0.3, -0.25) is 4.98 Å². The molecule has 0 amide bonds. The molecule has 0 radical (unpaired) electrons. The summed E-state index contributed by atoms with van der Waals surface area (Å²) in [6, 6.07) is 27.6. The van der Waals surface area contributed by atoms with E-state index in [1.807, 2.05) is 31.2 Å². The number of anilines is 2. The summed E-state index contributed by atoms with van der Waals surface area (Å²) in [5, 5.41) is 7.06. The third-order valence-electron chi connectivity index (χ3n) is 8.16. The molecule has 0 unspecified atom stereocenters. The Bertz CT molecular complexity index is 1680. The van der Waals surface area contributed by atoms with Gasteiger partial charge in [0, 0.05) is 30.9 Å². The summed E-state index contributed by atoms with van der Waals surface area (Å²) in [5.41, 5.74) is 20.7. The van der Waals surface area contributed by atoms with E-state index in [2.05, 4.69) is 104 Å². The monoisotopic (exact) mass is 566 g/mol. The minimum absolute atomic E-state index is 0.524. The first-order valence-electron chi connectivity index (χ1n) is 15.1. The molecule has 5 rings (SSSR count). The number of aromatic nitrogens is 1. The van der Waals surface area contributed by atoms with Crippen LogP contribution in [-0.4, -0.2) is 11.5 Å². The minimum atomic E-state index is 0.524. The van der Waals surface area contributed by atoms with Crippen LogP contribution in [0.2, 0.25) is 0 Å². The number of nitrogens with one attached hydrogen (secondary N) is 2. The Hall–Kier alpha value is -4.67. The highest BCUT2D eigenvalue weighted by Crippen LogP contribution is 2.33. The number of benzene rings is 3. The topological polar surface area (TPSA) is 63.0 Å². The Balaban J connectivity index is 1.27. The van der Waals surface area contributed by atoms with E-state index in [0.29, 0.717) is 18.7 Å². The van der Waals surface area contributed by atoms with Crippen LogP contribution in [0.3, 0.4) is 0 Å². The molecule has 1 heterocycles. The number of allylic oxidation sites excluding steroid dienone is 4. The quantitative estimate of drug-likeness (QED) is 0.150. The molecule has 4 nitrogen and oxygen atoms in total. The third kappa shape index (κ3) is 7.40. The summed E-state index contributed by atoms with van der Waals surface area (Å²) in [6.07, 6.45) is 10.3. The number of pyridine rings is 1. The molecule has 0 saturated heterocycles. The number of hydrogen-bond donors (Lipinski definition) is 3. The van der Waals surface area contributed by atoms with Crippen LogP contribution in [0.4, 0.5) is 11.4 Å². The van der Waals surface area contributed by atoms with E-state index in [1.165, 1.54) is 52.6 Å². The standard InChI is InChI=1S/C39H42N4/c1-5-29(25-41-26-30-12-8-7-9-13-30)23-31(6-2)38-21-20-36(40)39(43-38)22-27(3)42-37-17-11-16-35(28(37)4)34-19-18-32-14-10-15-33(32)24-34/h5-9,11-13,16-21,23-24,41-42H,1,3,10,14-15,22,25-26,40H2,2,4H3/b29-23+,31-6+. The summed E-state index contributed by atoms with van der Waals surface area (Å²) >= 11 is 0. The maximum atomic E-state index is 6.40. The smallest absolute Gasteiger partial charge is 0.0703 e. The van der Waals surface area contributed by atoms with Crippen LogP contribution >= 0.6 is 0 Å². The maximum Gasteiger partial charge on any atom is 0.0703 e. The Morgan fingerprint density at radius 3 is 2.58 bits per heavy atom. The highest BCUT2D eigenvalue weighted by Gasteiger charge is 2.14. The Labute approximate surface area is 256 Å². The molecule has 1 aliphatic carbocycles. The summed E-state index contributed by atoms with van der Waals surface area (Å²) < 4.78 is 0. The van der Waals surface area contributed by atoms with Gasteiger partial charge in [0.2, 0.25) is 0 Å². The molecule has 1 aromatic heterocycles. The number of rotatable bonds is 12. The van der Waals surface area contributed by atoms with E-state index < -0.39 is 0 Å². The first kappa shape index (κ1) is 29.8. The highest BCUT2D eigenvalue weighted by atomic mass is 14.9. The number of nitrogen functional groups attached to an aromatic ring is 1. The fraction of sp³-hybridized carbons (Fsp3) is 0.205. The number of fused-ring (bicyclic) bond motifs is 1. The van der Waals surface area contributed by atoms with Crippen molar-refractivity contribution in [3.63, 3.8) is 0 Å². The zero-order chi connectivity index (χ0) is 30.2. The van der Waals surface area contributed by atoms with E-state index >= 15 is 0 Å². The van der Waals surface area contributed by atoms with E-state index in [-0.39, 0.29) is 0 Å². The lowest BCUT2D eigenvalue weighted by atomic mass is 9.96. The van der Waals surface area contributed by atoms with Crippen LogP contribution in [0.5, 0.6) is 0 Å². The Kier molecular flexibility index (Phi) is 9.70. The fourth-order valence-electron chi connectivity index (χ4n) is 5.71. The van der Waals surface area contributed by atoms with Gasteiger partial charge in [0.25, 0.3) is 0 Å². The molecule has 4 N–H and O–H groups in total. The average molecular weight is 567 g/mol. The molecule has 0 atom stereocenters. The zero-order valence-corrected chi connectivity index (χ0v) is 25.4. The van der Waals surface area contributed by atoms with Gasteiger partial charge < -0.3 is 16.4 Å². The lowest BCUT2D eigenvalue weighted by molar-refractivity contribution is 0.747. The molecule has 0 saturated carbocycles. The normalized spacial score (nSPS) is 13.1. The molecule has 4 heteroatoms. The first-order chi connectivity index (χ1) is 20.9. The minimum Gasteiger partial charge on any atom is -0.397 e. The van der Waals surface area contributed by atoms with Gasteiger partial charge in [0.05, 0.1) is 17.1 Å². The van der Waals surface area contributed by atoms with Crippen LogP contribution in [0.1, 0.15) is 47.0 Å². The van der Waals surface area contributed by atoms with Gasteiger partial charge in [-0.05, 0) is 102 Å². The number of nitrogens with two attached hydrogens (primary N) is 1. The van der Waals surface area contributed by atoms with Crippen molar-refractivity contribution in [3.8, 4) is 11.1 Å². The zero-order valence-electron chi connectivity index (χ0n) is 25.4. The van der Waals surface area contributed by atoms with Crippen LogP contribution in [-0.2, 0) is 25.8 Å². The van der Waals surface area contributed by atoms with Gasteiger partial charge in [-0.1, -0.05) is 86.0 Å². The largest absolute Gasteiger partial charge is 0.397 e. The molecule has 0 aliphatic heterocycles. The van der Waals surface area contributed by atoms with Crippen LogP contribution in [0, 0.1) is 6.92 Å². The van der Waals surface area contributed by atoms with Crippen molar-refractivity contribution < 1.29 is 0 Å².